The zero-order chi connectivity index (χ0) is 12.3. The summed E-state index contributed by atoms with van der Waals surface area (Å²) in [5.74, 6) is -0.200. The maximum atomic E-state index is 13.4. The van der Waals surface area contributed by atoms with Crippen LogP contribution in [0.25, 0.3) is 11.1 Å². The van der Waals surface area contributed by atoms with Crippen molar-refractivity contribution >= 4 is 31.9 Å². The Morgan fingerprint density at radius 1 is 0.824 bits per heavy atom. The van der Waals surface area contributed by atoms with Crippen molar-refractivity contribution in [1.29, 1.82) is 0 Å². The van der Waals surface area contributed by atoms with Crippen LogP contribution in [-0.4, -0.2) is 0 Å². The lowest BCUT2D eigenvalue weighted by atomic mass is 9.97. The lowest BCUT2D eigenvalue weighted by molar-refractivity contribution is 0.628. The number of rotatable bonds is 3. The minimum absolute atomic E-state index is 0.200. The summed E-state index contributed by atoms with van der Waals surface area (Å²) < 4.78 is 13.4. The Bertz CT molecular complexity index is 523. The second-order valence-corrected chi connectivity index (χ2v) is 4.85. The van der Waals surface area contributed by atoms with Gasteiger partial charge in [-0.25, -0.2) is 4.39 Å². The van der Waals surface area contributed by atoms with Gasteiger partial charge in [0.05, 0.1) is 0 Å². The van der Waals surface area contributed by atoms with E-state index in [4.69, 9.17) is 0 Å². The number of alkyl halides is 2. The van der Waals surface area contributed by atoms with E-state index in [1.807, 2.05) is 30.3 Å². The van der Waals surface area contributed by atoms with Gasteiger partial charge in [0.1, 0.15) is 5.82 Å². The van der Waals surface area contributed by atoms with Crippen LogP contribution in [0.4, 0.5) is 4.39 Å². The summed E-state index contributed by atoms with van der Waals surface area (Å²) in [5.41, 5.74) is 4.30. The second-order valence-electron chi connectivity index (χ2n) is 3.73. The highest BCUT2D eigenvalue weighted by atomic mass is 79.9. The van der Waals surface area contributed by atoms with E-state index >= 15 is 0 Å². The molecule has 88 valence electrons. The summed E-state index contributed by atoms with van der Waals surface area (Å²) in [7, 11) is 0. The van der Waals surface area contributed by atoms with Gasteiger partial charge in [0.15, 0.2) is 0 Å². The van der Waals surface area contributed by atoms with Crippen molar-refractivity contribution in [2.45, 2.75) is 10.7 Å². The third-order valence-corrected chi connectivity index (χ3v) is 3.88. The van der Waals surface area contributed by atoms with Gasteiger partial charge in [-0.1, -0.05) is 62.2 Å². The average molecular weight is 358 g/mol. The van der Waals surface area contributed by atoms with E-state index in [9.17, 15) is 4.39 Å². The van der Waals surface area contributed by atoms with E-state index in [2.05, 4.69) is 31.9 Å². The molecule has 0 aromatic heterocycles. The number of halogens is 3. The average Bonchev–Trinajstić information content (AvgIpc) is 2.38. The smallest absolute Gasteiger partial charge is 0.123 e. The first-order valence-electron chi connectivity index (χ1n) is 5.25. The van der Waals surface area contributed by atoms with Crippen LogP contribution in [0, 0.1) is 5.82 Å². The van der Waals surface area contributed by atoms with Crippen LogP contribution in [0.5, 0.6) is 0 Å². The van der Waals surface area contributed by atoms with Crippen LogP contribution in [0.1, 0.15) is 11.1 Å². The molecule has 0 aliphatic heterocycles. The third kappa shape index (κ3) is 2.78. The van der Waals surface area contributed by atoms with Gasteiger partial charge in [-0.15, -0.1) is 0 Å². The van der Waals surface area contributed by atoms with Gasteiger partial charge in [0.2, 0.25) is 0 Å². The molecule has 0 saturated carbocycles. The highest BCUT2D eigenvalue weighted by Crippen LogP contribution is 2.30. The van der Waals surface area contributed by atoms with E-state index < -0.39 is 0 Å². The molecule has 2 aromatic carbocycles. The van der Waals surface area contributed by atoms with Crippen molar-refractivity contribution in [2.24, 2.45) is 0 Å². The highest BCUT2D eigenvalue weighted by Gasteiger charge is 2.09. The molecule has 0 amide bonds. The zero-order valence-corrected chi connectivity index (χ0v) is 12.3. The molecule has 0 nitrogen and oxygen atoms in total. The standard InChI is InChI=1S/C14H11Br2F/c15-8-10-3-1-2-4-13(10)14-7-12(17)6-5-11(14)9-16/h1-7H,8-9H2. The van der Waals surface area contributed by atoms with E-state index in [0.29, 0.717) is 0 Å². The first-order chi connectivity index (χ1) is 8.26. The predicted octanol–water partition coefficient (Wildman–Crippen LogP) is 5.28. The van der Waals surface area contributed by atoms with Gasteiger partial charge in [0, 0.05) is 10.7 Å². The van der Waals surface area contributed by atoms with E-state index in [-0.39, 0.29) is 5.82 Å². The summed E-state index contributed by atoms with van der Waals surface area (Å²) in [6.45, 7) is 0. The van der Waals surface area contributed by atoms with Gasteiger partial charge in [-0.05, 0) is 34.4 Å². The van der Waals surface area contributed by atoms with E-state index in [0.717, 1.165) is 27.4 Å². The molecule has 0 saturated heterocycles. The van der Waals surface area contributed by atoms with Crippen molar-refractivity contribution in [2.75, 3.05) is 0 Å². The Morgan fingerprint density at radius 3 is 2.18 bits per heavy atom. The lowest BCUT2D eigenvalue weighted by Gasteiger charge is -2.11. The maximum Gasteiger partial charge on any atom is 0.123 e. The minimum atomic E-state index is -0.200. The number of hydrogen-bond donors (Lipinski definition) is 0. The van der Waals surface area contributed by atoms with Crippen molar-refractivity contribution < 1.29 is 4.39 Å². The molecule has 2 rings (SSSR count). The van der Waals surface area contributed by atoms with Crippen LogP contribution in [-0.2, 0) is 10.7 Å². The topological polar surface area (TPSA) is 0 Å². The zero-order valence-electron chi connectivity index (χ0n) is 9.09. The molecular weight excluding hydrogens is 347 g/mol. The summed E-state index contributed by atoms with van der Waals surface area (Å²) in [4.78, 5) is 0. The molecule has 3 heteroatoms. The van der Waals surface area contributed by atoms with Crippen LogP contribution in [0.2, 0.25) is 0 Å². The first-order valence-corrected chi connectivity index (χ1v) is 7.49. The van der Waals surface area contributed by atoms with E-state index in [1.54, 1.807) is 6.07 Å². The Labute approximate surface area is 117 Å². The maximum absolute atomic E-state index is 13.4. The predicted molar refractivity (Wildman–Crippen MR) is 77.1 cm³/mol. The van der Waals surface area contributed by atoms with Crippen LogP contribution in [0.3, 0.4) is 0 Å². The molecule has 0 unspecified atom stereocenters. The Hall–Kier alpha value is -0.670. The van der Waals surface area contributed by atoms with Gasteiger partial charge >= 0.3 is 0 Å². The molecular formula is C14H11Br2F. The SMILES string of the molecule is Fc1ccc(CBr)c(-c2ccccc2CBr)c1. The molecule has 0 aliphatic rings. The van der Waals surface area contributed by atoms with Gasteiger partial charge in [-0.2, -0.15) is 0 Å². The fourth-order valence-corrected chi connectivity index (χ4v) is 2.79. The number of benzene rings is 2. The summed E-state index contributed by atoms with van der Waals surface area (Å²) in [6.07, 6.45) is 0. The van der Waals surface area contributed by atoms with Crippen molar-refractivity contribution in [1.82, 2.24) is 0 Å². The summed E-state index contributed by atoms with van der Waals surface area (Å²) >= 11 is 6.91. The van der Waals surface area contributed by atoms with Gasteiger partial charge < -0.3 is 0 Å². The monoisotopic (exact) mass is 356 g/mol. The molecule has 0 aliphatic carbocycles. The molecule has 0 radical (unpaired) electrons. The van der Waals surface area contributed by atoms with Gasteiger partial charge in [0.25, 0.3) is 0 Å². The molecule has 2 aromatic rings. The van der Waals surface area contributed by atoms with Crippen LogP contribution in [0.15, 0.2) is 42.5 Å². The Balaban J connectivity index is 2.62. The highest BCUT2D eigenvalue weighted by molar-refractivity contribution is 9.08. The summed E-state index contributed by atoms with van der Waals surface area (Å²) in [5, 5.41) is 1.49. The molecule has 0 atom stereocenters. The fourth-order valence-electron chi connectivity index (χ4n) is 1.82. The minimum Gasteiger partial charge on any atom is -0.207 e. The van der Waals surface area contributed by atoms with Crippen molar-refractivity contribution in [3.05, 3.63) is 59.4 Å². The largest absolute Gasteiger partial charge is 0.207 e. The molecule has 0 N–H and O–H groups in total. The molecule has 0 heterocycles. The summed E-state index contributed by atoms with van der Waals surface area (Å²) in [6, 6.07) is 13.0. The van der Waals surface area contributed by atoms with E-state index in [1.165, 1.54) is 11.6 Å². The van der Waals surface area contributed by atoms with Crippen molar-refractivity contribution in [3.63, 3.8) is 0 Å². The fraction of sp³-hybridized carbons (Fsp3) is 0.143. The quantitative estimate of drug-likeness (QED) is 0.655. The number of hydrogen-bond acceptors (Lipinski definition) is 0. The van der Waals surface area contributed by atoms with Crippen molar-refractivity contribution in [3.8, 4) is 11.1 Å². The lowest BCUT2D eigenvalue weighted by Crippen LogP contribution is -1.91. The third-order valence-electron chi connectivity index (χ3n) is 2.67. The Kier molecular flexibility index (Phi) is 4.35. The first kappa shape index (κ1) is 12.8. The molecule has 0 bridgehead atoms. The van der Waals surface area contributed by atoms with Crippen LogP contribution < -0.4 is 0 Å². The van der Waals surface area contributed by atoms with Crippen LogP contribution >= 0.6 is 31.9 Å². The molecule has 0 fully saturated rings. The molecule has 0 spiro atoms. The normalized spacial score (nSPS) is 10.5. The van der Waals surface area contributed by atoms with Gasteiger partial charge in [-0.3, -0.25) is 0 Å². The Morgan fingerprint density at radius 2 is 1.47 bits per heavy atom. The molecule has 17 heavy (non-hydrogen) atoms. The second kappa shape index (κ2) is 5.78.